The van der Waals surface area contributed by atoms with E-state index in [1.165, 1.54) is 0 Å². The van der Waals surface area contributed by atoms with Crippen LogP contribution in [-0.2, 0) is 6.54 Å². The molecule has 0 radical (unpaired) electrons. The van der Waals surface area contributed by atoms with Crippen molar-refractivity contribution in [1.29, 1.82) is 0 Å². The molecule has 0 aliphatic rings. The third-order valence-corrected chi connectivity index (χ3v) is 3.93. The van der Waals surface area contributed by atoms with Crippen molar-refractivity contribution in [3.8, 4) is 11.6 Å². The molecule has 134 valence electrons. The van der Waals surface area contributed by atoms with E-state index in [4.69, 9.17) is 4.74 Å². The van der Waals surface area contributed by atoms with Gasteiger partial charge in [-0.2, -0.15) is 0 Å². The van der Waals surface area contributed by atoms with Gasteiger partial charge in [-0.15, -0.1) is 5.10 Å². The van der Waals surface area contributed by atoms with Crippen LogP contribution in [0.1, 0.15) is 34.2 Å². The highest BCUT2D eigenvalue weighted by Crippen LogP contribution is 2.16. The van der Waals surface area contributed by atoms with Crippen molar-refractivity contribution in [3.05, 3.63) is 65.1 Å². The summed E-state index contributed by atoms with van der Waals surface area (Å²) >= 11 is 0. The van der Waals surface area contributed by atoms with Crippen LogP contribution in [0.5, 0.6) is 5.88 Å². The Morgan fingerprint density at radius 2 is 2.08 bits per heavy atom. The third kappa shape index (κ3) is 3.72. The van der Waals surface area contributed by atoms with E-state index < -0.39 is 0 Å². The Balaban J connectivity index is 1.75. The van der Waals surface area contributed by atoms with E-state index in [-0.39, 0.29) is 5.91 Å². The second-order valence-electron chi connectivity index (χ2n) is 5.86. The molecule has 2 heterocycles. The fourth-order valence-corrected chi connectivity index (χ4v) is 2.63. The number of nitrogens with zero attached hydrogens (tertiary/aromatic N) is 4. The molecule has 1 amide bonds. The molecule has 7 nitrogen and oxygen atoms in total. The minimum Gasteiger partial charge on any atom is -0.478 e. The molecule has 0 saturated heterocycles. The Labute approximate surface area is 152 Å². The number of carbonyl (C=O) groups is 1. The molecule has 0 saturated carbocycles. The van der Waals surface area contributed by atoms with E-state index in [1.54, 1.807) is 10.9 Å². The molecule has 0 atom stereocenters. The lowest BCUT2D eigenvalue weighted by atomic mass is 10.2. The first kappa shape index (κ1) is 17.6. The first-order valence-corrected chi connectivity index (χ1v) is 8.44. The van der Waals surface area contributed by atoms with Gasteiger partial charge >= 0.3 is 0 Å². The molecule has 0 fully saturated rings. The molecule has 0 aliphatic heterocycles. The number of rotatable bonds is 6. The summed E-state index contributed by atoms with van der Waals surface area (Å²) < 4.78 is 7.14. The average molecular weight is 351 g/mol. The molecular weight excluding hydrogens is 330 g/mol. The van der Waals surface area contributed by atoms with Gasteiger partial charge in [0, 0.05) is 18.3 Å². The number of aryl methyl sites for hydroxylation is 1. The molecule has 0 aliphatic carbocycles. The minimum absolute atomic E-state index is 0.285. The number of carbonyl (C=O) groups excluding carboxylic acids is 1. The van der Waals surface area contributed by atoms with Crippen LogP contribution in [0.3, 0.4) is 0 Å². The molecule has 0 spiro atoms. The Morgan fingerprint density at radius 3 is 2.85 bits per heavy atom. The van der Waals surface area contributed by atoms with Crippen LogP contribution in [0.4, 0.5) is 0 Å². The Hall–Kier alpha value is -3.22. The topological polar surface area (TPSA) is 81.9 Å². The number of hydrogen-bond donors (Lipinski definition) is 1. The van der Waals surface area contributed by atoms with Crippen LogP contribution in [0.15, 0.2) is 42.6 Å². The Kier molecular flexibility index (Phi) is 5.26. The highest BCUT2D eigenvalue weighted by molar-refractivity contribution is 5.93. The summed E-state index contributed by atoms with van der Waals surface area (Å²) in [6, 6.07) is 11.6. The van der Waals surface area contributed by atoms with Gasteiger partial charge < -0.3 is 10.1 Å². The largest absolute Gasteiger partial charge is 0.478 e. The number of ether oxygens (including phenoxy) is 1. The van der Waals surface area contributed by atoms with Gasteiger partial charge in [-0.1, -0.05) is 23.4 Å². The van der Waals surface area contributed by atoms with Crippen LogP contribution < -0.4 is 10.1 Å². The summed E-state index contributed by atoms with van der Waals surface area (Å²) in [7, 11) is 0. The summed E-state index contributed by atoms with van der Waals surface area (Å²) in [6.45, 7) is 6.55. The SMILES string of the molecule is CCOc1ncccc1CNC(=O)c1nnn(-c2cccc(C)c2)c1C. The molecule has 26 heavy (non-hydrogen) atoms. The maximum atomic E-state index is 12.5. The van der Waals surface area contributed by atoms with E-state index in [0.717, 1.165) is 16.8 Å². The quantitative estimate of drug-likeness (QED) is 0.738. The number of hydrogen-bond acceptors (Lipinski definition) is 5. The van der Waals surface area contributed by atoms with Crippen LogP contribution in [0.2, 0.25) is 0 Å². The van der Waals surface area contributed by atoms with Gasteiger partial charge in [0.2, 0.25) is 5.88 Å². The molecule has 7 heteroatoms. The number of pyridine rings is 1. The lowest BCUT2D eigenvalue weighted by Gasteiger charge is -2.09. The Morgan fingerprint density at radius 1 is 1.23 bits per heavy atom. The molecule has 1 aromatic carbocycles. The lowest BCUT2D eigenvalue weighted by Crippen LogP contribution is -2.24. The maximum Gasteiger partial charge on any atom is 0.274 e. The normalized spacial score (nSPS) is 10.6. The van der Waals surface area contributed by atoms with Crippen molar-refractivity contribution in [1.82, 2.24) is 25.3 Å². The third-order valence-electron chi connectivity index (χ3n) is 3.93. The van der Waals surface area contributed by atoms with Crippen LogP contribution in [-0.4, -0.2) is 32.5 Å². The second kappa shape index (κ2) is 7.77. The lowest BCUT2D eigenvalue weighted by molar-refractivity contribution is 0.0945. The van der Waals surface area contributed by atoms with E-state index in [2.05, 4.69) is 20.6 Å². The second-order valence-corrected chi connectivity index (χ2v) is 5.86. The molecule has 0 bridgehead atoms. The standard InChI is InChI=1S/C19H21N5O2/c1-4-26-19-15(8-6-10-20-19)12-21-18(25)17-14(3)24(23-22-17)16-9-5-7-13(2)11-16/h5-11H,4,12H2,1-3H3,(H,21,25). The predicted molar refractivity (Wildman–Crippen MR) is 97.4 cm³/mol. The van der Waals surface area contributed by atoms with Gasteiger partial charge in [0.25, 0.3) is 5.91 Å². The monoisotopic (exact) mass is 351 g/mol. The van der Waals surface area contributed by atoms with Gasteiger partial charge in [0.15, 0.2) is 5.69 Å². The number of benzene rings is 1. The van der Waals surface area contributed by atoms with Crippen LogP contribution >= 0.6 is 0 Å². The summed E-state index contributed by atoms with van der Waals surface area (Å²) in [5.41, 5.74) is 3.78. The van der Waals surface area contributed by atoms with Crippen molar-refractivity contribution in [2.75, 3.05) is 6.61 Å². The summed E-state index contributed by atoms with van der Waals surface area (Å²) in [5, 5.41) is 11.0. The van der Waals surface area contributed by atoms with E-state index in [1.807, 2.05) is 57.2 Å². The smallest absolute Gasteiger partial charge is 0.274 e. The van der Waals surface area contributed by atoms with Gasteiger partial charge in [-0.3, -0.25) is 4.79 Å². The Bertz CT molecular complexity index is 920. The van der Waals surface area contributed by atoms with Crippen molar-refractivity contribution >= 4 is 5.91 Å². The number of aromatic nitrogens is 4. The molecule has 1 N–H and O–H groups in total. The predicted octanol–water partition coefficient (Wildman–Crippen LogP) is 2.61. The minimum atomic E-state index is -0.285. The zero-order chi connectivity index (χ0) is 18.5. The zero-order valence-corrected chi connectivity index (χ0v) is 15.1. The summed E-state index contributed by atoms with van der Waals surface area (Å²) in [6.07, 6.45) is 1.66. The summed E-state index contributed by atoms with van der Waals surface area (Å²) in [5.74, 6) is 0.239. The van der Waals surface area contributed by atoms with Crippen LogP contribution in [0, 0.1) is 13.8 Å². The van der Waals surface area contributed by atoms with Gasteiger partial charge in [0.1, 0.15) is 0 Å². The fraction of sp³-hybridized carbons (Fsp3) is 0.263. The highest BCUT2D eigenvalue weighted by atomic mass is 16.5. The van der Waals surface area contributed by atoms with E-state index in [9.17, 15) is 4.79 Å². The molecule has 2 aromatic heterocycles. The molecule has 0 unspecified atom stereocenters. The van der Waals surface area contributed by atoms with Crippen molar-refractivity contribution in [2.24, 2.45) is 0 Å². The van der Waals surface area contributed by atoms with Crippen molar-refractivity contribution in [3.63, 3.8) is 0 Å². The molecular formula is C19H21N5O2. The first-order valence-electron chi connectivity index (χ1n) is 8.44. The number of nitrogens with one attached hydrogen (secondary N) is 1. The van der Waals surface area contributed by atoms with Gasteiger partial charge in [-0.05, 0) is 44.5 Å². The first-order chi connectivity index (χ1) is 12.6. The van der Waals surface area contributed by atoms with Crippen molar-refractivity contribution in [2.45, 2.75) is 27.3 Å². The van der Waals surface area contributed by atoms with E-state index >= 15 is 0 Å². The average Bonchev–Trinajstić information content (AvgIpc) is 3.02. The van der Waals surface area contributed by atoms with Gasteiger partial charge in [-0.25, -0.2) is 9.67 Å². The van der Waals surface area contributed by atoms with E-state index in [0.29, 0.717) is 30.4 Å². The van der Waals surface area contributed by atoms with Crippen molar-refractivity contribution < 1.29 is 9.53 Å². The maximum absolute atomic E-state index is 12.5. The zero-order valence-electron chi connectivity index (χ0n) is 15.1. The van der Waals surface area contributed by atoms with Crippen LogP contribution in [0.25, 0.3) is 5.69 Å². The molecule has 3 aromatic rings. The summed E-state index contributed by atoms with van der Waals surface area (Å²) in [4.78, 5) is 16.7. The fourth-order valence-electron chi connectivity index (χ4n) is 2.63. The molecule has 3 rings (SSSR count). The number of amides is 1. The van der Waals surface area contributed by atoms with Gasteiger partial charge in [0.05, 0.1) is 18.0 Å². The highest BCUT2D eigenvalue weighted by Gasteiger charge is 2.17.